The predicted molar refractivity (Wildman–Crippen MR) is 136 cm³/mol. The Morgan fingerprint density at radius 2 is 1.57 bits per heavy atom. The predicted octanol–water partition coefficient (Wildman–Crippen LogP) is 5.73. The Kier molecular flexibility index (Phi) is 8.80. The van der Waals surface area contributed by atoms with Crippen molar-refractivity contribution in [2.45, 2.75) is 53.1 Å². The fourth-order valence-electron chi connectivity index (χ4n) is 3.70. The largest absolute Gasteiger partial charge is 0.493 e. The van der Waals surface area contributed by atoms with E-state index >= 15 is 0 Å². The lowest BCUT2D eigenvalue weighted by Crippen LogP contribution is -2.27. The van der Waals surface area contributed by atoms with Crippen molar-refractivity contribution in [3.63, 3.8) is 0 Å². The van der Waals surface area contributed by atoms with Crippen molar-refractivity contribution in [2.24, 2.45) is 5.92 Å². The smallest absolute Gasteiger partial charge is 0.309 e. The van der Waals surface area contributed by atoms with E-state index in [2.05, 4.69) is 29.2 Å². The van der Waals surface area contributed by atoms with Gasteiger partial charge in [0, 0.05) is 45.1 Å². The molecule has 0 N–H and O–H groups in total. The molecule has 0 bridgehead atoms. The van der Waals surface area contributed by atoms with Crippen molar-refractivity contribution in [3.05, 3.63) is 61.7 Å². The van der Waals surface area contributed by atoms with Gasteiger partial charge in [-0.3, -0.25) is 14.4 Å². The Morgan fingerprint density at radius 3 is 2.06 bits per heavy atom. The highest BCUT2D eigenvalue weighted by atomic mass is 32.1. The Hall–Kier alpha value is -3.04. The zero-order chi connectivity index (χ0) is 25.7. The van der Waals surface area contributed by atoms with Gasteiger partial charge in [-0.2, -0.15) is 0 Å². The number of carbonyl (C=O) groups is 3. The third kappa shape index (κ3) is 6.55. The zero-order valence-corrected chi connectivity index (χ0v) is 22.2. The zero-order valence-electron chi connectivity index (χ0n) is 20.6. The molecule has 0 fully saturated rings. The minimum Gasteiger partial charge on any atom is -0.493 e. The molecular formula is C26H29NO6S2. The van der Waals surface area contributed by atoms with Crippen LogP contribution < -0.4 is 9.47 Å². The first-order valence-electron chi connectivity index (χ1n) is 11.2. The number of ether oxygens (including phenoxy) is 3. The van der Waals surface area contributed by atoms with Gasteiger partial charge in [0.15, 0.2) is 17.2 Å². The van der Waals surface area contributed by atoms with Gasteiger partial charge in [-0.15, -0.1) is 22.7 Å². The van der Waals surface area contributed by atoms with Gasteiger partial charge in [0.1, 0.15) is 6.10 Å². The molecule has 0 aliphatic heterocycles. The molecular weight excluding hydrogens is 486 g/mol. The van der Waals surface area contributed by atoms with E-state index in [0.29, 0.717) is 0 Å². The van der Waals surface area contributed by atoms with Gasteiger partial charge in [0.25, 0.3) is 0 Å². The summed E-state index contributed by atoms with van der Waals surface area (Å²) in [5.74, 6) is -2.18. The molecule has 0 aromatic carbocycles. The first-order chi connectivity index (χ1) is 16.6. The topological polar surface area (TPSA) is 91.8 Å². The van der Waals surface area contributed by atoms with Crippen LogP contribution in [0.2, 0.25) is 0 Å². The fourth-order valence-corrected chi connectivity index (χ4v) is 5.96. The van der Waals surface area contributed by atoms with Gasteiger partial charge < -0.3 is 14.2 Å². The summed E-state index contributed by atoms with van der Waals surface area (Å²) in [4.78, 5) is 46.2. The maximum atomic E-state index is 13.0. The summed E-state index contributed by atoms with van der Waals surface area (Å²) in [6.45, 7) is 8.84. The second-order valence-corrected chi connectivity index (χ2v) is 11.0. The van der Waals surface area contributed by atoms with E-state index in [0.717, 1.165) is 9.75 Å². The lowest BCUT2D eigenvalue weighted by Gasteiger charge is -2.24. The molecule has 0 saturated heterocycles. The Labute approximate surface area is 213 Å². The van der Waals surface area contributed by atoms with Gasteiger partial charge in [-0.25, -0.2) is 4.98 Å². The second kappa shape index (κ2) is 11.6. The summed E-state index contributed by atoms with van der Waals surface area (Å²) in [6, 6.07) is 9.76. The number of carbonyl (C=O) groups excluding carboxylic acids is 3. The van der Waals surface area contributed by atoms with Crippen molar-refractivity contribution < 1.29 is 28.6 Å². The van der Waals surface area contributed by atoms with Crippen molar-refractivity contribution >= 4 is 40.4 Å². The molecule has 7 nitrogen and oxygen atoms in total. The molecule has 3 rings (SSSR count). The minimum absolute atomic E-state index is 0.0531. The third-order valence-corrected chi connectivity index (χ3v) is 7.57. The first kappa shape index (κ1) is 26.6. The number of hydrogen-bond donors (Lipinski definition) is 0. The summed E-state index contributed by atoms with van der Waals surface area (Å²) < 4.78 is 16.2. The molecule has 0 aliphatic carbocycles. The van der Waals surface area contributed by atoms with E-state index in [4.69, 9.17) is 14.2 Å². The van der Waals surface area contributed by atoms with Crippen LogP contribution in [0.3, 0.4) is 0 Å². The number of pyridine rings is 1. The number of rotatable bonds is 10. The summed E-state index contributed by atoms with van der Waals surface area (Å²) in [7, 11) is 1.40. The molecule has 0 aliphatic rings. The fraction of sp³-hybridized carbons (Fsp3) is 0.385. The average molecular weight is 516 g/mol. The molecule has 0 amide bonds. The molecule has 35 heavy (non-hydrogen) atoms. The van der Waals surface area contributed by atoms with Gasteiger partial charge in [-0.05, 0) is 45.0 Å². The number of aryl methyl sites for hydroxylation is 2. The first-order valence-corrected chi connectivity index (χ1v) is 12.8. The monoisotopic (exact) mass is 515 g/mol. The van der Waals surface area contributed by atoms with Crippen LogP contribution >= 0.6 is 22.7 Å². The van der Waals surface area contributed by atoms with Crippen LogP contribution in [0.1, 0.15) is 63.1 Å². The highest BCUT2D eigenvalue weighted by Gasteiger charge is 2.30. The number of nitrogens with zero attached hydrogens (tertiary/aromatic N) is 1. The summed E-state index contributed by atoms with van der Waals surface area (Å²) in [6.07, 6.45) is 0.810. The SMILES string of the molecule is COc1ccnc(C(=O)C[C@@H](C)C(=O)O[C@@H](C)C(c2ccc(C)s2)c2ccc(C)s2)c1OC(C)=O. The minimum atomic E-state index is -0.723. The lowest BCUT2D eigenvalue weighted by atomic mass is 9.98. The van der Waals surface area contributed by atoms with Crippen LogP contribution in [0.5, 0.6) is 11.5 Å². The number of ketones is 1. The van der Waals surface area contributed by atoms with Gasteiger partial charge in [-0.1, -0.05) is 6.92 Å². The Balaban J connectivity index is 1.75. The van der Waals surface area contributed by atoms with Crippen molar-refractivity contribution in [2.75, 3.05) is 7.11 Å². The standard InChI is InChI=1S/C26H29NO6S2/c1-14(13-19(29)24-25(33-18(5)28)20(31-6)11-12-27-24)26(30)32-17(4)23(21-9-7-15(2)34-21)22-10-8-16(3)35-22/h7-12,14,17,23H,13H2,1-6H3/t14-,17+/m1/s1. The molecule has 186 valence electrons. The van der Waals surface area contributed by atoms with E-state index in [-0.39, 0.29) is 29.5 Å². The molecule has 0 radical (unpaired) electrons. The van der Waals surface area contributed by atoms with Crippen LogP contribution in [0.15, 0.2) is 36.5 Å². The summed E-state index contributed by atoms with van der Waals surface area (Å²) >= 11 is 3.36. The van der Waals surface area contributed by atoms with Gasteiger partial charge in [0.05, 0.1) is 18.9 Å². The normalized spacial score (nSPS) is 12.8. The Morgan fingerprint density at radius 1 is 0.971 bits per heavy atom. The number of methoxy groups -OCH3 is 1. The third-order valence-electron chi connectivity index (χ3n) is 5.40. The van der Waals surface area contributed by atoms with E-state index in [1.54, 1.807) is 29.6 Å². The number of thiophene rings is 2. The number of esters is 2. The Bertz CT molecular complexity index is 1170. The quantitative estimate of drug-likeness (QED) is 0.252. The van der Waals surface area contributed by atoms with Crippen molar-refractivity contribution in [1.82, 2.24) is 4.98 Å². The highest BCUT2D eigenvalue weighted by molar-refractivity contribution is 7.13. The maximum Gasteiger partial charge on any atom is 0.309 e. The van der Waals surface area contributed by atoms with Crippen LogP contribution in [-0.2, 0) is 14.3 Å². The van der Waals surface area contributed by atoms with E-state index in [9.17, 15) is 14.4 Å². The molecule has 0 spiro atoms. The highest BCUT2D eigenvalue weighted by Crippen LogP contribution is 2.38. The number of Topliss-reactive ketones (excluding diaryl/α,β-unsaturated/α-hetero) is 1. The maximum absolute atomic E-state index is 13.0. The molecule has 3 aromatic rings. The molecule has 3 aromatic heterocycles. The molecule has 3 heterocycles. The molecule has 0 saturated carbocycles. The van der Waals surface area contributed by atoms with E-state index in [1.165, 1.54) is 36.1 Å². The second-order valence-electron chi connectivity index (χ2n) is 8.33. The molecule has 9 heteroatoms. The van der Waals surface area contributed by atoms with E-state index < -0.39 is 29.7 Å². The number of aromatic nitrogens is 1. The number of hydrogen-bond acceptors (Lipinski definition) is 9. The van der Waals surface area contributed by atoms with Crippen LogP contribution in [0.25, 0.3) is 0 Å². The van der Waals surface area contributed by atoms with Gasteiger partial charge >= 0.3 is 11.9 Å². The van der Waals surface area contributed by atoms with Crippen molar-refractivity contribution in [1.29, 1.82) is 0 Å². The average Bonchev–Trinajstić information content (AvgIpc) is 3.41. The van der Waals surface area contributed by atoms with Crippen LogP contribution in [0.4, 0.5) is 0 Å². The van der Waals surface area contributed by atoms with E-state index in [1.807, 2.05) is 20.8 Å². The van der Waals surface area contributed by atoms with Crippen LogP contribution in [0, 0.1) is 19.8 Å². The summed E-state index contributed by atoms with van der Waals surface area (Å²) in [5, 5.41) is 0. The molecule has 2 atom stereocenters. The van der Waals surface area contributed by atoms with Crippen molar-refractivity contribution in [3.8, 4) is 11.5 Å². The lowest BCUT2D eigenvalue weighted by molar-refractivity contribution is -0.153. The summed E-state index contributed by atoms with van der Waals surface area (Å²) in [5.41, 5.74) is -0.0618. The molecule has 0 unspecified atom stereocenters. The van der Waals surface area contributed by atoms with Gasteiger partial charge in [0.2, 0.25) is 5.75 Å². The van der Waals surface area contributed by atoms with Crippen LogP contribution in [-0.4, -0.2) is 35.9 Å².